The Morgan fingerprint density at radius 1 is 1.56 bits per heavy atom. The van der Waals surface area contributed by atoms with Gasteiger partial charge in [-0.2, -0.15) is 0 Å². The number of nitrogens with one attached hydrogen (secondary N) is 2. The molecule has 2 aliphatic rings. The van der Waals surface area contributed by atoms with Gasteiger partial charge in [-0.05, 0) is 24.5 Å². The van der Waals surface area contributed by atoms with Crippen molar-refractivity contribution in [3.05, 3.63) is 23.9 Å². The molecule has 2 aliphatic heterocycles. The number of guanidine groups is 1. The Morgan fingerprint density at radius 3 is 3.08 bits per heavy atom. The summed E-state index contributed by atoms with van der Waals surface area (Å²) in [7, 11) is 3.41. The van der Waals surface area contributed by atoms with Gasteiger partial charge in [0.05, 0.1) is 7.11 Å². The van der Waals surface area contributed by atoms with Crippen molar-refractivity contribution in [2.45, 2.75) is 25.8 Å². The van der Waals surface area contributed by atoms with Gasteiger partial charge in [0.1, 0.15) is 0 Å². The normalized spacial score (nSPS) is 23.2. The number of hydrogen-bond donors (Lipinski definition) is 2. The number of hydrogen-bond acceptors (Lipinski definition) is 4. The minimum atomic E-state index is 0. The van der Waals surface area contributed by atoms with Crippen LogP contribution in [0, 0.1) is 5.41 Å². The highest BCUT2D eigenvalue weighted by atomic mass is 127. The quantitative estimate of drug-likeness (QED) is 0.406. The fourth-order valence-electron chi connectivity index (χ4n) is 3.61. The number of carbonyl (C=O) groups is 1. The zero-order chi connectivity index (χ0) is 17.0. The molecule has 1 unspecified atom stereocenters. The summed E-state index contributed by atoms with van der Waals surface area (Å²) in [5, 5.41) is 6.39. The monoisotopic (exact) mass is 459 g/mol. The first-order chi connectivity index (χ1) is 11.6. The van der Waals surface area contributed by atoms with Crippen LogP contribution in [0.4, 0.5) is 0 Å². The van der Waals surface area contributed by atoms with E-state index in [9.17, 15) is 4.79 Å². The first-order valence-electron chi connectivity index (χ1n) is 8.35. The molecule has 0 radical (unpaired) electrons. The van der Waals surface area contributed by atoms with Gasteiger partial charge in [-0.3, -0.25) is 9.79 Å². The average Bonchev–Trinajstić information content (AvgIpc) is 2.95. The summed E-state index contributed by atoms with van der Waals surface area (Å²) in [5.41, 5.74) is 1.15. The topological polar surface area (TPSA) is 78.9 Å². The second-order valence-corrected chi connectivity index (χ2v) is 6.59. The SMILES string of the molecule is CN=C(NCc1ccnc(OC)c1)N1CCCC2(CNC(=O)C2)C1.I. The van der Waals surface area contributed by atoms with E-state index >= 15 is 0 Å². The lowest BCUT2D eigenvalue weighted by Crippen LogP contribution is -2.51. The minimum Gasteiger partial charge on any atom is -0.481 e. The van der Waals surface area contributed by atoms with Crippen molar-refractivity contribution in [2.75, 3.05) is 33.8 Å². The number of nitrogens with zero attached hydrogens (tertiary/aromatic N) is 3. The standard InChI is InChI=1S/C17H25N5O2.HI/c1-18-16(20-10-13-4-6-19-15(8-13)24-2)22-7-3-5-17(12-22)9-14(23)21-11-17;/h4,6,8H,3,5,7,9-12H2,1-2H3,(H,18,20)(H,21,23);1H. The van der Waals surface area contributed by atoms with Crippen LogP contribution < -0.4 is 15.4 Å². The molecule has 3 rings (SSSR count). The third-order valence-electron chi connectivity index (χ3n) is 4.83. The second kappa shape index (κ2) is 8.68. The van der Waals surface area contributed by atoms with Gasteiger partial charge in [-0.25, -0.2) is 4.98 Å². The van der Waals surface area contributed by atoms with E-state index in [0.717, 1.165) is 44.0 Å². The summed E-state index contributed by atoms with van der Waals surface area (Å²) in [5.74, 6) is 1.66. The number of aromatic nitrogens is 1. The fourth-order valence-corrected chi connectivity index (χ4v) is 3.61. The molecule has 138 valence electrons. The van der Waals surface area contributed by atoms with E-state index in [1.54, 1.807) is 20.4 Å². The molecule has 7 nitrogen and oxygen atoms in total. The molecule has 1 amide bonds. The number of aliphatic imine (C=N–C) groups is 1. The first kappa shape index (κ1) is 19.7. The number of pyridine rings is 1. The van der Waals surface area contributed by atoms with E-state index in [4.69, 9.17) is 4.74 Å². The molecule has 2 N–H and O–H groups in total. The molecule has 1 aromatic rings. The van der Waals surface area contributed by atoms with Crippen molar-refractivity contribution >= 4 is 35.8 Å². The largest absolute Gasteiger partial charge is 0.481 e. The Hall–Kier alpha value is -1.58. The molecule has 3 heterocycles. The number of amides is 1. The van der Waals surface area contributed by atoms with Crippen molar-refractivity contribution < 1.29 is 9.53 Å². The highest BCUT2D eigenvalue weighted by molar-refractivity contribution is 14.0. The van der Waals surface area contributed by atoms with Crippen molar-refractivity contribution in [1.29, 1.82) is 0 Å². The summed E-state index contributed by atoms with van der Waals surface area (Å²) in [6.07, 6.45) is 4.55. The lowest BCUT2D eigenvalue weighted by Gasteiger charge is -2.40. The number of methoxy groups -OCH3 is 1. The van der Waals surface area contributed by atoms with Gasteiger partial charge in [0.15, 0.2) is 5.96 Å². The van der Waals surface area contributed by atoms with Gasteiger partial charge in [-0.15, -0.1) is 24.0 Å². The van der Waals surface area contributed by atoms with Crippen molar-refractivity contribution in [2.24, 2.45) is 10.4 Å². The number of piperidine rings is 1. The molecule has 0 aromatic carbocycles. The number of likely N-dealkylation sites (tertiary alicyclic amines) is 1. The van der Waals surface area contributed by atoms with Gasteiger partial charge >= 0.3 is 0 Å². The fraction of sp³-hybridized carbons (Fsp3) is 0.588. The van der Waals surface area contributed by atoms with E-state index < -0.39 is 0 Å². The van der Waals surface area contributed by atoms with Gasteiger partial charge in [0.2, 0.25) is 11.8 Å². The van der Waals surface area contributed by atoms with Crippen LogP contribution in [0.25, 0.3) is 0 Å². The summed E-state index contributed by atoms with van der Waals surface area (Å²) >= 11 is 0. The third kappa shape index (κ3) is 4.74. The van der Waals surface area contributed by atoms with Crippen LogP contribution in [0.1, 0.15) is 24.8 Å². The number of halogens is 1. The molecular weight excluding hydrogens is 433 g/mol. The molecule has 1 aromatic heterocycles. The van der Waals surface area contributed by atoms with E-state index in [-0.39, 0.29) is 35.3 Å². The molecule has 2 fully saturated rings. The van der Waals surface area contributed by atoms with Crippen molar-refractivity contribution in [3.8, 4) is 5.88 Å². The molecule has 0 saturated carbocycles. The first-order valence-corrected chi connectivity index (χ1v) is 8.35. The summed E-state index contributed by atoms with van der Waals surface area (Å²) in [6, 6.07) is 3.87. The Labute approximate surface area is 165 Å². The molecule has 1 atom stereocenters. The summed E-state index contributed by atoms with van der Waals surface area (Å²) in [4.78, 5) is 22.4. The number of ether oxygens (including phenoxy) is 1. The van der Waals surface area contributed by atoms with E-state index in [1.807, 2.05) is 12.1 Å². The Bertz CT molecular complexity index is 639. The highest BCUT2D eigenvalue weighted by Crippen LogP contribution is 2.35. The van der Waals surface area contributed by atoms with Crippen LogP contribution >= 0.6 is 24.0 Å². The zero-order valence-corrected chi connectivity index (χ0v) is 17.1. The van der Waals surface area contributed by atoms with Crippen LogP contribution in [0.2, 0.25) is 0 Å². The van der Waals surface area contributed by atoms with Gasteiger partial charge in [0, 0.05) is 57.3 Å². The molecule has 1 spiro atoms. The molecule has 2 saturated heterocycles. The molecular formula is C17H26IN5O2. The minimum absolute atomic E-state index is 0. The van der Waals surface area contributed by atoms with Crippen LogP contribution in [0.3, 0.4) is 0 Å². The van der Waals surface area contributed by atoms with Crippen LogP contribution in [0.5, 0.6) is 5.88 Å². The number of rotatable bonds is 3. The molecule has 8 heteroatoms. The molecule has 25 heavy (non-hydrogen) atoms. The molecule has 0 aliphatic carbocycles. The highest BCUT2D eigenvalue weighted by Gasteiger charge is 2.42. The maximum absolute atomic E-state index is 11.6. The van der Waals surface area contributed by atoms with Gasteiger partial charge in [0.25, 0.3) is 0 Å². The third-order valence-corrected chi connectivity index (χ3v) is 4.83. The van der Waals surface area contributed by atoms with Crippen molar-refractivity contribution in [3.63, 3.8) is 0 Å². The maximum atomic E-state index is 11.6. The lowest BCUT2D eigenvalue weighted by molar-refractivity contribution is -0.119. The zero-order valence-electron chi connectivity index (χ0n) is 14.7. The number of carbonyl (C=O) groups excluding carboxylic acids is 1. The maximum Gasteiger partial charge on any atom is 0.220 e. The predicted molar refractivity (Wildman–Crippen MR) is 107 cm³/mol. The van der Waals surface area contributed by atoms with E-state index in [2.05, 4.69) is 25.5 Å². The van der Waals surface area contributed by atoms with Crippen molar-refractivity contribution in [1.82, 2.24) is 20.5 Å². The Morgan fingerprint density at radius 2 is 2.40 bits per heavy atom. The Kier molecular flexibility index (Phi) is 6.86. The van der Waals surface area contributed by atoms with Gasteiger partial charge < -0.3 is 20.3 Å². The lowest BCUT2D eigenvalue weighted by atomic mass is 9.79. The van der Waals surface area contributed by atoms with E-state index in [0.29, 0.717) is 18.8 Å². The van der Waals surface area contributed by atoms with Crippen LogP contribution in [-0.4, -0.2) is 55.5 Å². The van der Waals surface area contributed by atoms with E-state index in [1.165, 1.54) is 0 Å². The molecule has 0 bridgehead atoms. The van der Waals surface area contributed by atoms with Crippen LogP contribution in [0.15, 0.2) is 23.3 Å². The van der Waals surface area contributed by atoms with Crippen LogP contribution in [-0.2, 0) is 11.3 Å². The second-order valence-electron chi connectivity index (χ2n) is 6.59. The summed E-state index contributed by atoms with van der Waals surface area (Å²) < 4.78 is 5.16. The average molecular weight is 459 g/mol. The smallest absolute Gasteiger partial charge is 0.220 e. The summed E-state index contributed by atoms with van der Waals surface area (Å²) in [6.45, 7) is 3.27. The predicted octanol–water partition coefficient (Wildman–Crippen LogP) is 1.39. The Balaban J connectivity index is 0.00000225. The van der Waals surface area contributed by atoms with Gasteiger partial charge in [-0.1, -0.05) is 0 Å².